The minimum absolute atomic E-state index is 0.160. The highest BCUT2D eigenvalue weighted by atomic mass is 79.9. The van der Waals surface area contributed by atoms with Crippen LogP contribution in [-0.2, 0) is 4.74 Å². The highest BCUT2D eigenvalue weighted by Crippen LogP contribution is 2.41. The molecule has 28 heavy (non-hydrogen) atoms. The molecule has 0 radical (unpaired) electrons. The second-order valence-corrected chi connectivity index (χ2v) is 7.02. The number of nitrogens with zero attached hydrogens (tertiary/aromatic N) is 1. The number of pyridine rings is 1. The van der Waals surface area contributed by atoms with Crippen LogP contribution in [0.1, 0.15) is 24.2 Å². The molecule has 6 heteroatoms. The van der Waals surface area contributed by atoms with Gasteiger partial charge in [0.1, 0.15) is 5.69 Å². The number of rotatable bonds is 5. The van der Waals surface area contributed by atoms with Gasteiger partial charge in [-0.05, 0) is 32.0 Å². The lowest BCUT2D eigenvalue weighted by molar-refractivity contribution is 0.0521. The van der Waals surface area contributed by atoms with E-state index in [0.29, 0.717) is 28.8 Å². The molecular formula is C22H18BrNO4. The van der Waals surface area contributed by atoms with Gasteiger partial charge >= 0.3 is 11.9 Å². The van der Waals surface area contributed by atoms with Crippen molar-refractivity contribution in [2.24, 2.45) is 0 Å². The Bertz CT molecular complexity index is 1160. The van der Waals surface area contributed by atoms with Gasteiger partial charge < -0.3 is 13.9 Å². The van der Waals surface area contributed by atoms with E-state index in [0.717, 1.165) is 20.9 Å². The summed E-state index contributed by atoms with van der Waals surface area (Å²) < 4.78 is 17.9. The van der Waals surface area contributed by atoms with Crippen LogP contribution < -0.4 is 4.74 Å². The molecule has 142 valence electrons. The first kappa shape index (κ1) is 18.5. The summed E-state index contributed by atoms with van der Waals surface area (Å²) in [5, 5.41) is 1.47. The molecule has 0 spiro atoms. The molecule has 0 aliphatic heterocycles. The largest absolute Gasteiger partial charge is 0.465 e. The molecule has 2 aromatic heterocycles. The molecule has 0 atom stereocenters. The first-order valence-electron chi connectivity index (χ1n) is 9.05. The van der Waals surface area contributed by atoms with Crippen molar-refractivity contribution in [3.05, 3.63) is 58.6 Å². The normalized spacial score (nSPS) is 11.1. The van der Waals surface area contributed by atoms with Crippen LogP contribution in [0.2, 0.25) is 0 Å². The monoisotopic (exact) mass is 439 g/mol. The van der Waals surface area contributed by atoms with E-state index < -0.39 is 5.97 Å². The second-order valence-electron chi connectivity index (χ2n) is 6.11. The third-order valence-corrected chi connectivity index (χ3v) is 4.90. The van der Waals surface area contributed by atoms with Crippen molar-refractivity contribution in [2.75, 3.05) is 13.2 Å². The molecule has 5 nitrogen and oxygen atoms in total. The van der Waals surface area contributed by atoms with Crippen molar-refractivity contribution in [3.8, 4) is 17.2 Å². The van der Waals surface area contributed by atoms with Crippen molar-refractivity contribution in [2.45, 2.75) is 13.8 Å². The number of para-hydroxylation sites is 1. The number of fused-ring (bicyclic) bond motifs is 3. The molecule has 0 fully saturated rings. The van der Waals surface area contributed by atoms with Gasteiger partial charge in [0, 0.05) is 15.4 Å². The van der Waals surface area contributed by atoms with Crippen LogP contribution in [0.3, 0.4) is 0 Å². The fourth-order valence-electron chi connectivity index (χ4n) is 3.21. The predicted molar refractivity (Wildman–Crippen MR) is 112 cm³/mol. The van der Waals surface area contributed by atoms with E-state index in [1.54, 1.807) is 6.92 Å². The topological polar surface area (TPSA) is 61.6 Å². The lowest BCUT2D eigenvalue weighted by Gasteiger charge is -2.07. The molecular weight excluding hydrogens is 422 g/mol. The van der Waals surface area contributed by atoms with E-state index >= 15 is 0 Å². The average Bonchev–Trinajstić information content (AvgIpc) is 3.08. The average molecular weight is 440 g/mol. The van der Waals surface area contributed by atoms with Crippen molar-refractivity contribution in [3.63, 3.8) is 0 Å². The molecule has 0 saturated carbocycles. The number of carbonyl (C=O) groups is 1. The lowest BCUT2D eigenvalue weighted by atomic mass is 10.0. The highest BCUT2D eigenvalue weighted by molar-refractivity contribution is 9.10. The first-order chi connectivity index (χ1) is 13.6. The van der Waals surface area contributed by atoms with E-state index in [4.69, 9.17) is 18.9 Å². The third-order valence-electron chi connectivity index (χ3n) is 4.37. The zero-order chi connectivity index (χ0) is 19.7. The molecule has 0 unspecified atom stereocenters. The van der Waals surface area contributed by atoms with E-state index in [-0.39, 0.29) is 12.6 Å². The van der Waals surface area contributed by atoms with Crippen LogP contribution >= 0.6 is 15.9 Å². The smallest absolute Gasteiger partial charge is 0.346 e. The Kier molecular flexibility index (Phi) is 5.05. The van der Waals surface area contributed by atoms with Crippen LogP contribution in [0, 0.1) is 0 Å². The van der Waals surface area contributed by atoms with Crippen LogP contribution in [-0.4, -0.2) is 24.2 Å². The summed E-state index contributed by atoms with van der Waals surface area (Å²) in [5.74, 6) is -0.310. The number of esters is 1. The maximum atomic E-state index is 12.8. The molecule has 4 rings (SSSR count). The molecule has 0 N–H and O–H groups in total. The highest BCUT2D eigenvalue weighted by Gasteiger charge is 2.28. The maximum absolute atomic E-state index is 12.8. The van der Waals surface area contributed by atoms with Crippen molar-refractivity contribution < 1.29 is 18.7 Å². The van der Waals surface area contributed by atoms with Gasteiger partial charge in [0.25, 0.3) is 0 Å². The summed E-state index contributed by atoms with van der Waals surface area (Å²) in [6.07, 6.45) is 0. The number of hydrogen-bond acceptors (Lipinski definition) is 5. The summed E-state index contributed by atoms with van der Waals surface area (Å²) >= 11 is 3.46. The number of furan rings is 1. The van der Waals surface area contributed by atoms with Gasteiger partial charge in [-0.15, -0.1) is 0 Å². The van der Waals surface area contributed by atoms with Gasteiger partial charge in [-0.3, -0.25) is 0 Å². The number of carbonyl (C=O) groups excluding carboxylic acids is 1. The Morgan fingerprint density at radius 1 is 1.07 bits per heavy atom. The van der Waals surface area contributed by atoms with Gasteiger partial charge in [-0.1, -0.05) is 46.3 Å². The zero-order valence-electron chi connectivity index (χ0n) is 15.5. The molecule has 0 amide bonds. The molecule has 0 aliphatic rings. The molecule has 2 aromatic carbocycles. The molecule has 0 saturated heterocycles. The van der Waals surface area contributed by atoms with Crippen molar-refractivity contribution >= 4 is 43.8 Å². The molecule has 2 heterocycles. The molecule has 4 aromatic rings. The maximum Gasteiger partial charge on any atom is 0.346 e. The van der Waals surface area contributed by atoms with E-state index in [1.807, 2.05) is 55.5 Å². The Labute approximate surface area is 170 Å². The molecule has 0 aliphatic carbocycles. The van der Waals surface area contributed by atoms with Crippen LogP contribution in [0.5, 0.6) is 5.95 Å². The lowest BCUT2D eigenvalue weighted by Crippen LogP contribution is -2.06. The minimum Gasteiger partial charge on any atom is -0.465 e. The van der Waals surface area contributed by atoms with Gasteiger partial charge in [0.15, 0.2) is 11.1 Å². The number of ether oxygens (including phenoxy) is 2. The predicted octanol–water partition coefficient (Wildman–Crippen LogP) is 5.99. The summed E-state index contributed by atoms with van der Waals surface area (Å²) in [5.41, 5.74) is 3.11. The Balaban J connectivity index is 2.12. The van der Waals surface area contributed by atoms with E-state index in [1.165, 1.54) is 0 Å². The van der Waals surface area contributed by atoms with Crippen LogP contribution in [0.25, 0.3) is 33.1 Å². The summed E-state index contributed by atoms with van der Waals surface area (Å²) in [6, 6.07) is 15.4. The van der Waals surface area contributed by atoms with E-state index in [2.05, 4.69) is 15.9 Å². The van der Waals surface area contributed by atoms with Crippen LogP contribution in [0.15, 0.2) is 57.4 Å². The van der Waals surface area contributed by atoms with Gasteiger partial charge in [0.2, 0.25) is 0 Å². The van der Waals surface area contributed by atoms with Crippen molar-refractivity contribution in [1.29, 1.82) is 0 Å². The standard InChI is InChI=1S/C22H18BrNO4/c1-3-26-21(25)18-17-15-7-5-6-8-16(15)24-19(13-9-11-14(23)12-10-13)20(17)28-22(18)27-4-2/h5-12H,3-4H2,1-2H3. The fourth-order valence-corrected chi connectivity index (χ4v) is 3.48. The summed E-state index contributed by atoms with van der Waals surface area (Å²) in [4.78, 5) is 17.6. The Hall–Kier alpha value is -2.86. The zero-order valence-corrected chi connectivity index (χ0v) is 17.1. The van der Waals surface area contributed by atoms with Gasteiger partial charge in [-0.2, -0.15) is 0 Å². The second kappa shape index (κ2) is 7.64. The third kappa shape index (κ3) is 3.14. The van der Waals surface area contributed by atoms with Crippen molar-refractivity contribution in [1.82, 2.24) is 4.98 Å². The van der Waals surface area contributed by atoms with Crippen LogP contribution in [0.4, 0.5) is 0 Å². The quantitative estimate of drug-likeness (QED) is 0.357. The number of benzene rings is 2. The SMILES string of the molecule is CCOC(=O)c1c(OCC)oc2c(-c3ccc(Br)cc3)nc3ccccc3c12. The summed E-state index contributed by atoms with van der Waals surface area (Å²) in [6.45, 7) is 4.24. The number of hydrogen-bond donors (Lipinski definition) is 0. The number of aromatic nitrogens is 1. The van der Waals surface area contributed by atoms with Gasteiger partial charge in [-0.25, -0.2) is 9.78 Å². The number of halogens is 1. The van der Waals surface area contributed by atoms with Gasteiger partial charge in [0.05, 0.1) is 24.1 Å². The Morgan fingerprint density at radius 3 is 2.54 bits per heavy atom. The molecule has 0 bridgehead atoms. The Morgan fingerprint density at radius 2 is 1.82 bits per heavy atom. The summed E-state index contributed by atoms with van der Waals surface area (Å²) in [7, 11) is 0. The van der Waals surface area contributed by atoms with E-state index in [9.17, 15) is 4.79 Å². The minimum atomic E-state index is -0.470. The fraction of sp³-hybridized carbons (Fsp3) is 0.182. The first-order valence-corrected chi connectivity index (χ1v) is 9.84.